The van der Waals surface area contributed by atoms with Gasteiger partial charge in [-0.25, -0.2) is 0 Å². The lowest BCUT2D eigenvalue weighted by Crippen LogP contribution is -1.89. The third kappa shape index (κ3) is 2.66. The first kappa shape index (κ1) is 11.7. The van der Waals surface area contributed by atoms with Gasteiger partial charge in [-0.1, -0.05) is 60.7 Å². The molecule has 0 unspecified atom stereocenters. The van der Waals surface area contributed by atoms with Crippen molar-refractivity contribution in [2.45, 2.75) is 0 Å². The van der Waals surface area contributed by atoms with Gasteiger partial charge in [-0.05, 0) is 11.1 Å². The Labute approximate surface area is 106 Å². The van der Waals surface area contributed by atoms with Gasteiger partial charge in [0.15, 0.2) is 6.29 Å². The van der Waals surface area contributed by atoms with Crippen LogP contribution in [0.1, 0.15) is 11.1 Å². The fraction of sp³-hybridized carbons (Fsp3) is 0. The Balaban J connectivity index is 2.52. The molecule has 84 valence electrons. The summed E-state index contributed by atoms with van der Waals surface area (Å²) in [5, 5.41) is 0. The molecule has 2 aromatic rings. The van der Waals surface area contributed by atoms with E-state index in [2.05, 4.69) is 12.6 Å². The number of thiol groups is 1. The van der Waals surface area contributed by atoms with Crippen molar-refractivity contribution in [3.8, 4) is 0 Å². The predicted molar refractivity (Wildman–Crippen MR) is 74.7 cm³/mol. The Kier molecular flexibility index (Phi) is 3.78. The lowest BCUT2D eigenvalue weighted by Gasteiger charge is -2.06. The zero-order valence-corrected chi connectivity index (χ0v) is 10.1. The molecule has 0 saturated carbocycles. The van der Waals surface area contributed by atoms with Crippen LogP contribution in [0.2, 0.25) is 0 Å². The predicted octanol–water partition coefficient (Wildman–Crippen LogP) is 3.68. The van der Waals surface area contributed by atoms with Crippen molar-refractivity contribution >= 4 is 29.4 Å². The Bertz CT molecular complexity index is 529. The molecule has 0 fully saturated rings. The van der Waals surface area contributed by atoms with Crippen molar-refractivity contribution in [1.29, 1.82) is 0 Å². The molecule has 0 radical (unpaired) electrons. The van der Waals surface area contributed by atoms with Crippen LogP contribution < -0.4 is 0 Å². The summed E-state index contributed by atoms with van der Waals surface area (Å²) in [7, 11) is 0. The first-order valence-electron chi connectivity index (χ1n) is 5.32. The van der Waals surface area contributed by atoms with Gasteiger partial charge in [-0.3, -0.25) is 4.79 Å². The largest absolute Gasteiger partial charge is 0.298 e. The van der Waals surface area contributed by atoms with Gasteiger partial charge in [0.2, 0.25) is 0 Å². The monoisotopic (exact) mass is 240 g/mol. The topological polar surface area (TPSA) is 17.1 Å². The van der Waals surface area contributed by atoms with Crippen molar-refractivity contribution < 1.29 is 4.79 Å². The summed E-state index contributed by atoms with van der Waals surface area (Å²) in [5.74, 6) is 0. The number of hydrogen-bond acceptors (Lipinski definition) is 2. The van der Waals surface area contributed by atoms with Crippen molar-refractivity contribution in [3.63, 3.8) is 0 Å². The summed E-state index contributed by atoms with van der Waals surface area (Å²) < 4.78 is 0. The molecular formula is C15H12OS. The van der Waals surface area contributed by atoms with Crippen LogP contribution in [0.15, 0.2) is 60.7 Å². The van der Waals surface area contributed by atoms with Gasteiger partial charge in [-0.15, -0.1) is 12.6 Å². The third-order valence-electron chi connectivity index (χ3n) is 2.50. The highest BCUT2D eigenvalue weighted by molar-refractivity contribution is 7.91. The molecule has 0 saturated heterocycles. The molecule has 0 atom stereocenters. The van der Waals surface area contributed by atoms with E-state index in [-0.39, 0.29) is 0 Å². The smallest absolute Gasteiger partial charge is 0.151 e. The van der Waals surface area contributed by atoms with Gasteiger partial charge >= 0.3 is 0 Å². The summed E-state index contributed by atoms with van der Waals surface area (Å²) in [4.78, 5) is 11.9. The van der Waals surface area contributed by atoms with Gasteiger partial charge in [0.25, 0.3) is 0 Å². The highest BCUT2D eigenvalue weighted by atomic mass is 32.1. The molecule has 0 amide bonds. The van der Waals surface area contributed by atoms with Crippen molar-refractivity contribution in [2.24, 2.45) is 0 Å². The van der Waals surface area contributed by atoms with E-state index < -0.39 is 0 Å². The maximum atomic E-state index is 11.2. The molecule has 0 N–H and O–H groups in total. The quantitative estimate of drug-likeness (QED) is 0.375. The summed E-state index contributed by atoms with van der Waals surface area (Å²) >= 11 is 4.45. The summed E-state index contributed by atoms with van der Waals surface area (Å²) in [5.41, 5.74) is 2.44. The first-order valence-corrected chi connectivity index (χ1v) is 5.77. The molecule has 0 bridgehead atoms. The fourth-order valence-corrected chi connectivity index (χ4v) is 1.96. The minimum Gasteiger partial charge on any atom is -0.298 e. The highest BCUT2D eigenvalue weighted by Gasteiger charge is 2.06. The minimum absolute atomic E-state index is 0.611. The van der Waals surface area contributed by atoms with Crippen LogP contribution in [0, 0.1) is 0 Å². The number of aldehydes is 1. The van der Waals surface area contributed by atoms with Crippen LogP contribution >= 0.6 is 12.6 Å². The van der Waals surface area contributed by atoms with Crippen molar-refractivity contribution in [2.75, 3.05) is 0 Å². The number of carbonyl (C=O) groups excluding carboxylic acids is 1. The average Bonchev–Trinajstić information content (AvgIpc) is 2.42. The molecule has 0 heterocycles. The maximum Gasteiger partial charge on any atom is 0.151 e. The summed E-state index contributed by atoms with van der Waals surface area (Å²) in [6.07, 6.45) is 0.852. The van der Waals surface area contributed by atoms with Crippen molar-refractivity contribution in [3.05, 3.63) is 71.8 Å². The number of carbonyl (C=O) groups is 1. The summed E-state index contributed by atoms with van der Waals surface area (Å²) in [6, 6.07) is 19.2. The minimum atomic E-state index is 0.611. The zero-order chi connectivity index (χ0) is 12.1. The second-order valence-corrected chi connectivity index (χ2v) is 4.06. The molecule has 1 nitrogen and oxygen atoms in total. The average molecular weight is 240 g/mol. The van der Waals surface area contributed by atoms with Gasteiger partial charge < -0.3 is 0 Å². The number of allylic oxidation sites excluding steroid dienone is 1. The van der Waals surface area contributed by atoms with Gasteiger partial charge in [-0.2, -0.15) is 0 Å². The summed E-state index contributed by atoms with van der Waals surface area (Å²) in [6.45, 7) is 0. The van der Waals surface area contributed by atoms with Gasteiger partial charge in [0, 0.05) is 10.5 Å². The fourth-order valence-electron chi connectivity index (χ4n) is 1.63. The SMILES string of the molecule is O=C/C(=C(\S)c1ccccc1)c1ccccc1. The van der Waals surface area contributed by atoms with Crippen molar-refractivity contribution in [1.82, 2.24) is 0 Å². The molecule has 0 aromatic heterocycles. The van der Waals surface area contributed by atoms with Crippen LogP contribution in [-0.4, -0.2) is 6.29 Å². The van der Waals surface area contributed by atoms with Crippen LogP contribution in [0.4, 0.5) is 0 Å². The maximum absolute atomic E-state index is 11.2. The molecule has 0 aliphatic carbocycles. The van der Waals surface area contributed by atoms with E-state index in [9.17, 15) is 4.79 Å². The normalized spacial score (nSPS) is 11.8. The zero-order valence-electron chi connectivity index (χ0n) is 9.21. The van der Waals surface area contributed by atoms with E-state index >= 15 is 0 Å². The first-order chi connectivity index (χ1) is 8.33. The van der Waals surface area contributed by atoms with E-state index in [1.807, 2.05) is 60.7 Å². The lowest BCUT2D eigenvalue weighted by molar-refractivity contribution is -0.103. The number of hydrogen-bond donors (Lipinski definition) is 1. The third-order valence-corrected chi connectivity index (χ3v) is 3.00. The van der Waals surface area contributed by atoms with E-state index in [0.29, 0.717) is 10.5 Å². The molecule has 0 spiro atoms. The Morgan fingerprint density at radius 3 is 1.76 bits per heavy atom. The van der Waals surface area contributed by atoms with Crippen LogP contribution in [0.25, 0.3) is 10.5 Å². The highest BCUT2D eigenvalue weighted by Crippen LogP contribution is 2.27. The Morgan fingerprint density at radius 2 is 1.29 bits per heavy atom. The Hall–Kier alpha value is -1.80. The van der Waals surface area contributed by atoms with Gasteiger partial charge in [0.05, 0.1) is 0 Å². The van der Waals surface area contributed by atoms with E-state index in [1.54, 1.807) is 0 Å². The molecule has 2 heteroatoms. The Morgan fingerprint density at radius 1 is 0.824 bits per heavy atom. The van der Waals surface area contributed by atoms with E-state index in [4.69, 9.17) is 0 Å². The molecule has 0 aliphatic heterocycles. The molecular weight excluding hydrogens is 228 g/mol. The lowest BCUT2D eigenvalue weighted by atomic mass is 10.0. The van der Waals surface area contributed by atoms with E-state index in [0.717, 1.165) is 17.4 Å². The van der Waals surface area contributed by atoms with Crippen LogP contribution in [0.5, 0.6) is 0 Å². The molecule has 0 aliphatic rings. The molecule has 2 aromatic carbocycles. The molecule has 17 heavy (non-hydrogen) atoms. The van der Waals surface area contributed by atoms with Crippen LogP contribution in [0.3, 0.4) is 0 Å². The van der Waals surface area contributed by atoms with Crippen LogP contribution in [-0.2, 0) is 4.79 Å². The second kappa shape index (κ2) is 5.51. The molecule has 2 rings (SSSR count). The second-order valence-electron chi connectivity index (χ2n) is 3.61. The van der Waals surface area contributed by atoms with E-state index in [1.165, 1.54) is 0 Å². The standard InChI is InChI=1S/C15H12OS/c16-11-14(12-7-3-1-4-8-12)15(17)13-9-5-2-6-10-13/h1-11,17H/b15-14+. The number of rotatable bonds is 3. The van der Waals surface area contributed by atoms with Gasteiger partial charge in [0.1, 0.15) is 0 Å². The number of benzene rings is 2.